The maximum Gasteiger partial charge on any atom is 0.337 e. The van der Waals surface area contributed by atoms with E-state index in [2.05, 4.69) is 23.1 Å². The van der Waals surface area contributed by atoms with Gasteiger partial charge < -0.3 is 9.57 Å². The highest BCUT2D eigenvalue weighted by atomic mass is 16.6. The van der Waals surface area contributed by atoms with E-state index < -0.39 is 0 Å². The van der Waals surface area contributed by atoms with E-state index >= 15 is 0 Å². The molecule has 0 radical (unpaired) electrons. The van der Waals surface area contributed by atoms with Gasteiger partial charge in [0.1, 0.15) is 0 Å². The number of carbonyl (C=O) groups excluding carboxylic acids is 1. The molecule has 0 heterocycles. The van der Waals surface area contributed by atoms with Gasteiger partial charge in [-0.2, -0.15) is 0 Å². The molecule has 0 atom stereocenters. The topological polar surface area (TPSA) is 47.9 Å². The van der Waals surface area contributed by atoms with Crippen molar-refractivity contribution in [2.45, 2.75) is 6.92 Å². The Morgan fingerprint density at radius 3 is 2.41 bits per heavy atom. The molecule has 0 aromatic heterocycles. The molecule has 114 valence electrons. The first-order valence-corrected chi connectivity index (χ1v) is 6.62. The zero-order chi connectivity index (χ0) is 16.4. The number of methoxy groups -OCH3 is 1. The van der Waals surface area contributed by atoms with Gasteiger partial charge in [0.2, 0.25) is 0 Å². The van der Waals surface area contributed by atoms with Crippen LogP contribution in [0, 0.1) is 0 Å². The number of oxime groups is 1. The highest BCUT2D eigenvalue weighted by Gasteiger charge is 2.06. The van der Waals surface area contributed by atoms with Crippen LogP contribution in [0.25, 0.3) is 5.76 Å². The Morgan fingerprint density at radius 1 is 1.18 bits per heavy atom. The molecule has 1 aromatic rings. The Balaban J connectivity index is 2.62. The van der Waals surface area contributed by atoms with Gasteiger partial charge in [0.15, 0.2) is 5.76 Å². The van der Waals surface area contributed by atoms with E-state index in [1.807, 2.05) is 25.2 Å². The first kappa shape index (κ1) is 17.2. The summed E-state index contributed by atoms with van der Waals surface area (Å²) in [7, 11) is 1.34. The van der Waals surface area contributed by atoms with Crippen LogP contribution < -0.4 is 0 Å². The van der Waals surface area contributed by atoms with E-state index in [9.17, 15) is 4.79 Å². The molecule has 0 saturated heterocycles. The van der Waals surface area contributed by atoms with E-state index in [4.69, 9.17) is 4.84 Å². The van der Waals surface area contributed by atoms with E-state index in [1.165, 1.54) is 7.11 Å². The number of hydrogen-bond donors (Lipinski definition) is 0. The fraction of sp³-hybridized carbons (Fsp3) is 0.111. The zero-order valence-electron chi connectivity index (χ0n) is 12.8. The molecular formula is C18H19NO3. The molecule has 0 N–H and O–H groups in total. The van der Waals surface area contributed by atoms with Crippen molar-refractivity contribution in [3.05, 3.63) is 78.4 Å². The number of benzene rings is 1. The van der Waals surface area contributed by atoms with Crippen LogP contribution in [0.1, 0.15) is 22.8 Å². The van der Waals surface area contributed by atoms with Gasteiger partial charge in [0, 0.05) is 5.56 Å². The molecule has 0 fully saturated rings. The molecule has 4 nitrogen and oxygen atoms in total. The number of carbonyl (C=O) groups is 1. The van der Waals surface area contributed by atoms with Crippen LogP contribution in [0.2, 0.25) is 0 Å². The second-order valence-electron chi connectivity index (χ2n) is 4.35. The maximum absolute atomic E-state index is 11.3. The fourth-order valence-corrected chi connectivity index (χ4v) is 1.46. The largest absolute Gasteiger partial charge is 0.465 e. The first-order valence-electron chi connectivity index (χ1n) is 6.62. The summed E-state index contributed by atoms with van der Waals surface area (Å²) in [5.74, 6) is 0.00606. The van der Waals surface area contributed by atoms with Gasteiger partial charge in [0.05, 0.1) is 18.9 Å². The average molecular weight is 297 g/mol. The van der Waals surface area contributed by atoms with Crippen LogP contribution in [-0.2, 0) is 9.57 Å². The third kappa shape index (κ3) is 5.63. The predicted octanol–water partition coefficient (Wildman–Crippen LogP) is 4.13. The van der Waals surface area contributed by atoms with Crippen LogP contribution in [0.15, 0.2) is 72.5 Å². The summed E-state index contributed by atoms with van der Waals surface area (Å²) in [6.45, 7) is 9.27. The monoisotopic (exact) mass is 297 g/mol. The fourth-order valence-electron chi connectivity index (χ4n) is 1.46. The lowest BCUT2D eigenvalue weighted by molar-refractivity contribution is 0.0600. The van der Waals surface area contributed by atoms with Crippen LogP contribution in [-0.4, -0.2) is 19.3 Å². The van der Waals surface area contributed by atoms with Crippen LogP contribution >= 0.6 is 0 Å². The minimum absolute atomic E-state index is 0.385. The Morgan fingerprint density at radius 2 is 1.82 bits per heavy atom. The Hall–Kier alpha value is -2.88. The summed E-state index contributed by atoms with van der Waals surface area (Å²) in [5, 5.41) is 3.86. The lowest BCUT2D eigenvalue weighted by Gasteiger charge is -2.04. The number of nitrogens with zero attached hydrogens (tertiary/aromatic N) is 1. The van der Waals surface area contributed by atoms with Gasteiger partial charge in [-0.1, -0.05) is 54.8 Å². The lowest BCUT2D eigenvalue weighted by atomic mass is 10.1. The normalized spacial score (nSPS) is 11.6. The van der Waals surface area contributed by atoms with E-state index in [0.717, 1.165) is 11.1 Å². The maximum atomic E-state index is 11.3. The summed E-state index contributed by atoms with van der Waals surface area (Å²) in [6, 6.07) is 6.73. The van der Waals surface area contributed by atoms with Crippen molar-refractivity contribution < 1.29 is 14.4 Å². The molecule has 0 unspecified atom stereocenters. The van der Waals surface area contributed by atoms with E-state index in [1.54, 1.807) is 36.6 Å². The SMILES string of the molecule is C=C\C=C/C=C(C)/C=N/OC(=C)c1ccc(C(=O)OC)cc1. The predicted molar refractivity (Wildman–Crippen MR) is 89.5 cm³/mol. The second kappa shape index (κ2) is 9.13. The number of rotatable bonds is 7. The molecule has 1 aromatic carbocycles. The lowest BCUT2D eigenvalue weighted by Crippen LogP contribution is -2.00. The van der Waals surface area contributed by atoms with Crippen molar-refractivity contribution in [1.29, 1.82) is 0 Å². The summed E-state index contributed by atoms with van der Waals surface area (Å²) in [6.07, 6.45) is 8.83. The molecule has 0 aliphatic rings. The Labute approximate surface area is 130 Å². The van der Waals surface area contributed by atoms with Gasteiger partial charge in [-0.3, -0.25) is 0 Å². The number of ether oxygens (including phenoxy) is 1. The third-order valence-electron chi connectivity index (χ3n) is 2.65. The molecule has 0 bridgehead atoms. The summed E-state index contributed by atoms with van der Waals surface area (Å²) < 4.78 is 4.63. The zero-order valence-corrected chi connectivity index (χ0v) is 12.8. The van der Waals surface area contributed by atoms with Crippen molar-refractivity contribution in [3.8, 4) is 0 Å². The molecule has 0 spiro atoms. The quantitative estimate of drug-likeness (QED) is 0.250. The van der Waals surface area contributed by atoms with Gasteiger partial charge in [0.25, 0.3) is 0 Å². The number of esters is 1. The molecule has 0 aliphatic heterocycles. The van der Waals surface area contributed by atoms with Gasteiger partial charge in [-0.15, -0.1) is 0 Å². The van der Waals surface area contributed by atoms with Crippen molar-refractivity contribution in [2.75, 3.05) is 7.11 Å². The first-order chi connectivity index (χ1) is 10.6. The second-order valence-corrected chi connectivity index (χ2v) is 4.35. The summed E-state index contributed by atoms with van der Waals surface area (Å²) in [4.78, 5) is 16.5. The minimum Gasteiger partial charge on any atom is -0.465 e. The van der Waals surface area contributed by atoms with Crippen LogP contribution in [0.5, 0.6) is 0 Å². The van der Waals surface area contributed by atoms with Gasteiger partial charge in [-0.05, 0) is 24.6 Å². The molecule has 1 rings (SSSR count). The Bertz CT molecular complexity index is 622. The van der Waals surface area contributed by atoms with Gasteiger partial charge >= 0.3 is 5.97 Å². The summed E-state index contributed by atoms with van der Waals surface area (Å²) in [5.41, 5.74) is 2.13. The van der Waals surface area contributed by atoms with Crippen molar-refractivity contribution >= 4 is 17.9 Å². The standard InChI is InChI=1S/C18H19NO3/c1-5-6-7-8-14(2)13-19-22-15(3)16-9-11-17(12-10-16)18(20)21-4/h5-13H,1,3H2,2,4H3/b7-6-,14-8+,19-13+. The van der Waals surface area contributed by atoms with Crippen molar-refractivity contribution in [2.24, 2.45) is 5.16 Å². The number of hydrogen-bond acceptors (Lipinski definition) is 4. The smallest absolute Gasteiger partial charge is 0.337 e. The van der Waals surface area contributed by atoms with E-state index in [-0.39, 0.29) is 5.97 Å². The average Bonchev–Trinajstić information content (AvgIpc) is 2.54. The van der Waals surface area contributed by atoms with E-state index in [0.29, 0.717) is 11.3 Å². The summed E-state index contributed by atoms with van der Waals surface area (Å²) >= 11 is 0. The minimum atomic E-state index is -0.385. The molecule has 22 heavy (non-hydrogen) atoms. The van der Waals surface area contributed by atoms with Crippen molar-refractivity contribution in [1.82, 2.24) is 0 Å². The number of allylic oxidation sites excluding steroid dienone is 5. The van der Waals surface area contributed by atoms with Crippen LogP contribution in [0.3, 0.4) is 0 Å². The molecule has 4 heteroatoms. The highest BCUT2D eigenvalue weighted by Crippen LogP contribution is 2.15. The molecule has 0 aliphatic carbocycles. The van der Waals surface area contributed by atoms with Crippen molar-refractivity contribution in [3.63, 3.8) is 0 Å². The van der Waals surface area contributed by atoms with Crippen LogP contribution in [0.4, 0.5) is 0 Å². The molecule has 0 amide bonds. The third-order valence-corrected chi connectivity index (χ3v) is 2.65. The molecule has 0 saturated carbocycles. The van der Waals surface area contributed by atoms with Gasteiger partial charge in [-0.25, -0.2) is 4.79 Å². The molecular weight excluding hydrogens is 278 g/mol. The Kier molecular flexibility index (Phi) is 7.13. The highest BCUT2D eigenvalue weighted by molar-refractivity contribution is 5.89.